The summed E-state index contributed by atoms with van der Waals surface area (Å²) < 4.78 is 1.48. The summed E-state index contributed by atoms with van der Waals surface area (Å²) in [7, 11) is 0. The average molecular weight is 461 g/mol. The molecule has 5 aromatic rings. The van der Waals surface area contributed by atoms with Gasteiger partial charge in [-0.15, -0.1) is 10.2 Å². The van der Waals surface area contributed by atoms with E-state index in [1.54, 1.807) is 42.5 Å². The third-order valence-corrected chi connectivity index (χ3v) is 5.41. The second-order valence-electron chi connectivity index (χ2n) is 7.65. The SMILES string of the molecule is O=Cc1cnn(-c2ccccc2)c1N=Nc1cc2ccccc2c(C(=O)Nc2ccccc2)c1O. The van der Waals surface area contributed by atoms with Gasteiger partial charge in [0.1, 0.15) is 5.69 Å². The molecule has 0 bridgehead atoms. The van der Waals surface area contributed by atoms with Crippen molar-refractivity contribution in [2.45, 2.75) is 0 Å². The molecule has 35 heavy (non-hydrogen) atoms. The molecule has 0 aliphatic heterocycles. The third kappa shape index (κ3) is 4.28. The van der Waals surface area contributed by atoms with Gasteiger partial charge in [0.05, 0.1) is 23.0 Å². The highest BCUT2D eigenvalue weighted by Crippen LogP contribution is 2.38. The van der Waals surface area contributed by atoms with Crippen LogP contribution in [0.2, 0.25) is 0 Å². The molecular weight excluding hydrogens is 442 g/mol. The summed E-state index contributed by atoms with van der Waals surface area (Å²) in [6, 6.07) is 27.0. The van der Waals surface area contributed by atoms with Crippen LogP contribution in [-0.4, -0.2) is 27.1 Å². The Bertz CT molecular complexity index is 1560. The standard InChI is InChI=1S/C27H19N5O3/c33-17-19-16-28-32(21-12-5-2-6-13-21)26(19)31-30-23-15-18-9-7-8-14-22(18)24(25(23)34)27(35)29-20-10-3-1-4-11-20/h1-17,34H,(H,29,35). The van der Waals surface area contributed by atoms with Crippen LogP contribution in [0.5, 0.6) is 5.75 Å². The molecule has 1 aromatic heterocycles. The number of benzene rings is 4. The minimum atomic E-state index is -0.482. The molecule has 0 aliphatic rings. The van der Waals surface area contributed by atoms with Crippen molar-refractivity contribution in [3.05, 3.63) is 108 Å². The van der Waals surface area contributed by atoms with Gasteiger partial charge in [0.15, 0.2) is 17.9 Å². The van der Waals surface area contributed by atoms with E-state index in [1.807, 2.05) is 48.5 Å². The molecule has 4 aromatic carbocycles. The van der Waals surface area contributed by atoms with Gasteiger partial charge in [0.25, 0.3) is 5.91 Å². The number of rotatable bonds is 6. The number of aldehydes is 1. The lowest BCUT2D eigenvalue weighted by molar-refractivity contribution is 0.102. The Morgan fingerprint density at radius 1 is 0.914 bits per heavy atom. The van der Waals surface area contributed by atoms with Gasteiger partial charge in [-0.25, -0.2) is 4.68 Å². The number of aromatic hydroxyl groups is 1. The Labute approximate surface area is 200 Å². The molecule has 1 heterocycles. The van der Waals surface area contributed by atoms with Crippen molar-refractivity contribution in [3.63, 3.8) is 0 Å². The van der Waals surface area contributed by atoms with Gasteiger partial charge in [0, 0.05) is 5.69 Å². The van der Waals surface area contributed by atoms with Crippen LogP contribution in [0.15, 0.2) is 107 Å². The predicted octanol–water partition coefficient (Wildman–Crippen LogP) is 6.21. The van der Waals surface area contributed by atoms with Gasteiger partial charge >= 0.3 is 0 Å². The Morgan fingerprint density at radius 3 is 2.34 bits per heavy atom. The lowest BCUT2D eigenvalue weighted by atomic mass is 10.0. The zero-order valence-electron chi connectivity index (χ0n) is 18.4. The monoisotopic (exact) mass is 461 g/mol. The number of hydrogen-bond donors (Lipinski definition) is 2. The number of fused-ring (bicyclic) bond motifs is 1. The van der Waals surface area contributed by atoms with Crippen molar-refractivity contribution in [3.8, 4) is 11.4 Å². The number of carbonyl (C=O) groups is 2. The van der Waals surface area contributed by atoms with Gasteiger partial charge in [-0.05, 0) is 41.1 Å². The molecule has 0 aliphatic carbocycles. The van der Waals surface area contributed by atoms with Crippen LogP contribution < -0.4 is 5.32 Å². The van der Waals surface area contributed by atoms with Crippen LogP contribution in [0.3, 0.4) is 0 Å². The number of nitrogens with zero attached hydrogens (tertiary/aromatic N) is 4. The largest absolute Gasteiger partial charge is 0.505 e. The molecule has 0 fully saturated rings. The number of para-hydroxylation sites is 2. The molecule has 0 spiro atoms. The molecule has 5 rings (SSSR count). The zero-order valence-corrected chi connectivity index (χ0v) is 18.4. The lowest BCUT2D eigenvalue weighted by Gasteiger charge is -2.12. The quantitative estimate of drug-likeness (QED) is 0.231. The van der Waals surface area contributed by atoms with E-state index in [4.69, 9.17) is 0 Å². The molecule has 0 saturated heterocycles. The van der Waals surface area contributed by atoms with Crippen LogP contribution in [0, 0.1) is 0 Å². The minimum Gasteiger partial charge on any atom is -0.505 e. The van der Waals surface area contributed by atoms with E-state index in [1.165, 1.54) is 10.9 Å². The fourth-order valence-electron chi connectivity index (χ4n) is 3.74. The van der Waals surface area contributed by atoms with Crippen LogP contribution in [0.4, 0.5) is 17.2 Å². The van der Waals surface area contributed by atoms with E-state index in [0.29, 0.717) is 28.4 Å². The maximum Gasteiger partial charge on any atom is 0.260 e. The number of azo groups is 1. The first kappa shape index (κ1) is 21.7. The predicted molar refractivity (Wildman–Crippen MR) is 133 cm³/mol. The first-order chi connectivity index (χ1) is 17.2. The van der Waals surface area contributed by atoms with E-state index >= 15 is 0 Å². The highest BCUT2D eigenvalue weighted by Gasteiger charge is 2.20. The van der Waals surface area contributed by atoms with Crippen LogP contribution >= 0.6 is 0 Å². The van der Waals surface area contributed by atoms with E-state index in [9.17, 15) is 14.7 Å². The number of carbonyl (C=O) groups excluding carboxylic acids is 2. The first-order valence-corrected chi connectivity index (χ1v) is 10.8. The lowest BCUT2D eigenvalue weighted by Crippen LogP contribution is -2.12. The topological polar surface area (TPSA) is 109 Å². The normalized spacial score (nSPS) is 11.1. The van der Waals surface area contributed by atoms with E-state index in [2.05, 4.69) is 20.6 Å². The van der Waals surface area contributed by atoms with Crippen LogP contribution in [-0.2, 0) is 0 Å². The zero-order chi connectivity index (χ0) is 24.2. The number of amides is 1. The summed E-state index contributed by atoms with van der Waals surface area (Å²) in [4.78, 5) is 24.8. The number of anilines is 1. The Morgan fingerprint density at radius 2 is 1.60 bits per heavy atom. The summed E-state index contributed by atoms with van der Waals surface area (Å²) in [6.07, 6.45) is 2.03. The Hall–Kier alpha value is -5.11. The second kappa shape index (κ2) is 9.40. The fraction of sp³-hybridized carbons (Fsp3) is 0. The molecule has 0 radical (unpaired) electrons. The molecule has 170 valence electrons. The Balaban J connectivity index is 1.60. The van der Waals surface area contributed by atoms with Gasteiger partial charge in [-0.3, -0.25) is 9.59 Å². The van der Waals surface area contributed by atoms with Gasteiger partial charge in [-0.1, -0.05) is 60.7 Å². The van der Waals surface area contributed by atoms with Gasteiger partial charge in [0.2, 0.25) is 0 Å². The summed E-state index contributed by atoms with van der Waals surface area (Å²) in [5.41, 5.74) is 1.68. The van der Waals surface area contributed by atoms with E-state index < -0.39 is 5.91 Å². The molecule has 1 amide bonds. The Kier molecular flexibility index (Phi) is 5.83. The van der Waals surface area contributed by atoms with E-state index in [-0.39, 0.29) is 28.4 Å². The maximum absolute atomic E-state index is 13.2. The van der Waals surface area contributed by atoms with Gasteiger partial charge in [-0.2, -0.15) is 5.10 Å². The van der Waals surface area contributed by atoms with Crippen LogP contribution in [0.25, 0.3) is 16.5 Å². The fourth-order valence-corrected chi connectivity index (χ4v) is 3.74. The molecule has 8 heteroatoms. The number of aromatic nitrogens is 2. The summed E-state index contributed by atoms with van der Waals surface area (Å²) in [5.74, 6) is -0.599. The van der Waals surface area contributed by atoms with Crippen LogP contribution in [0.1, 0.15) is 20.7 Å². The molecule has 2 N–H and O–H groups in total. The molecule has 0 atom stereocenters. The number of nitrogens with one attached hydrogen (secondary N) is 1. The average Bonchev–Trinajstić information content (AvgIpc) is 3.31. The highest BCUT2D eigenvalue weighted by atomic mass is 16.3. The third-order valence-electron chi connectivity index (χ3n) is 5.41. The van der Waals surface area contributed by atoms with E-state index in [0.717, 1.165) is 0 Å². The van der Waals surface area contributed by atoms with Crippen molar-refractivity contribution in [1.29, 1.82) is 0 Å². The number of phenolic OH excluding ortho intramolecular Hbond substituents is 1. The molecule has 0 unspecified atom stereocenters. The number of hydrogen-bond acceptors (Lipinski definition) is 6. The van der Waals surface area contributed by atoms with Crippen molar-refractivity contribution < 1.29 is 14.7 Å². The summed E-state index contributed by atoms with van der Waals surface area (Å²) in [6.45, 7) is 0. The van der Waals surface area contributed by atoms with Crippen molar-refractivity contribution in [2.24, 2.45) is 10.2 Å². The van der Waals surface area contributed by atoms with Crippen molar-refractivity contribution in [2.75, 3.05) is 5.32 Å². The maximum atomic E-state index is 13.2. The highest BCUT2D eigenvalue weighted by molar-refractivity contribution is 6.16. The second-order valence-corrected chi connectivity index (χ2v) is 7.65. The molecule has 0 saturated carbocycles. The van der Waals surface area contributed by atoms with Crippen molar-refractivity contribution in [1.82, 2.24) is 9.78 Å². The smallest absolute Gasteiger partial charge is 0.260 e. The summed E-state index contributed by atoms with van der Waals surface area (Å²) >= 11 is 0. The molecule has 8 nitrogen and oxygen atoms in total. The number of phenols is 1. The first-order valence-electron chi connectivity index (χ1n) is 10.8. The van der Waals surface area contributed by atoms with Crippen molar-refractivity contribution >= 4 is 40.2 Å². The van der Waals surface area contributed by atoms with Gasteiger partial charge < -0.3 is 10.4 Å². The minimum absolute atomic E-state index is 0.0769. The summed E-state index contributed by atoms with van der Waals surface area (Å²) in [5, 5.41) is 27.8. The molecular formula is C27H19N5O3.